The van der Waals surface area contributed by atoms with E-state index in [-0.39, 0.29) is 5.82 Å². The standard InChI is InChI=1S/C18H20F4N4/c1-4-6-8-25-18(26-9-7-5-2)13-16(21)14(19)12(11(10-23)24-3)15(20)17(13)22/h25-26H,4-9H2,1-2H3. The predicted molar refractivity (Wildman–Crippen MR) is 90.4 cm³/mol. The van der Waals surface area contributed by atoms with Gasteiger partial charge in [0.25, 0.3) is 5.70 Å². The van der Waals surface area contributed by atoms with Crippen molar-refractivity contribution in [2.24, 2.45) is 0 Å². The van der Waals surface area contributed by atoms with Crippen molar-refractivity contribution in [2.75, 3.05) is 13.1 Å². The summed E-state index contributed by atoms with van der Waals surface area (Å²) < 4.78 is 57.6. The zero-order valence-electron chi connectivity index (χ0n) is 14.6. The second kappa shape index (κ2) is 10.3. The van der Waals surface area contributed by atoms with Gasteiger partial charge in [-0.3, -0.25) is 0 Å². The number of unbranched alkanes of at least 4 members (excludes halogenated alkanes) is 2. The van der Waals surface area contributed by atoms with Crippen molar-refractivity contribution in [1.82, 2.24) is 10.6 Å². The second-order valence-electron chi connectivity index (χ2n) is 5.51. The Hall–Kier alpha value is -2.74. The third-order valence-electron chi connectivity index (χ3n) is 3.63. The van der Waals surface area contributed by atoms with E-state index in [0.29, 0.717) is 25.9 Å². The number of halogens is 4. The lowest BCUT2D eigenvalue weighted by molar-refractivity contribution is 0.432. The predicted octanol–water partition coefficient (Wildman–Crippen LogP) is 2.64. The van der Waals surface area contributed by atoms with E-state index in [1.54, 1.807) is 0 Å². The topological polar surface area (TPSA) is 52.2 Å². The van der Waals surface area contributed by atoms with Crippen LogP contribution in [0.15, 0.2) is 0 Å². The Morgan fingerprint density at radius 1 is 0.923 bits per heavy atom. The van der Waals surface area contributed by atoms with Crippen LogP contribution < -0.4 is 21.1 Å². The van der Waals surface area contributed by atoms with Crippen LogP contribution in [0.1, 0.15) is 39.5 Å². The summed E-state index contributed by atoms with van der Waals surface area (Å²) in [7, 11) is 0. The van der Waals surface area contributed by atoms with E-state index in [2.05, 4.69) is 15.5 Å². The molecule has 0 heterocycles. The van der Waals surface area contributed by atoms with Crippen molar-refractivity contribution in [3.63, 3.8) is 0 Å². The molecule has 0 bridgehead atoms. The Bertz CT molecular complexity index is 787. The molecule has 1 aromatic rings. The third kappa shape index (κ3) is 4.66. The van der Waals surface area contributed by atoms with Gasteiger partial charge in [-0.2, -0.15) is 0 Å². The molecule has 8 heteroatoms. The van der Waals surface area contributed by atoms with Crippen molar-refractivity contribution < 1.29 is 17.6 Å². The number of benzene rings is 1. The van der Waals surface area contributed by atoms with Gasteiger partial charge in [-0.25, -0.2) is 27.7 Å². The molecule has 0 aliphatic carbocycles. The summed E-state index contributed by atoms with van der Waals surface area (Å²) in [4.78, 5) is 2.63. The third-order valence-corrected chi connectivity index (χ3v) is 3.63. The summed E-state index contributed by atoms with van der Waals surface area (Å²) in [6.45, 7) is 11.3. The van der Waals surface area contributed by atoms with Crippen molar-refractivity contribution in [3.05, 3.63) is 45.1 Å². The zero-order valence-corrected chi connectivity index (χ0v) is 14.6. The summed E-state index contributed by atoms with van der Waals surface area (Å²) in [6.07, 6.45) is 3.01. The largest absolute Gasteiger partial charge is 0.371 e. The summed E-state index contributed by atoms with van der Waals surface area (Å²) in [6, 6.07) is 1.25. The molecule has 0 unspecified atom stereocenters. The van der Waals surface area contributed by atoms with Gasteiger partial charge in [0.1, 0.15) is 5.82 Å². The second-order valence-corrected chi connectivity index (χ2v) is 5.51. The van der Waals surface area contributed by atoms with Crippen LogP contribution in [-0.4, -0.2) is 13.1 Å². The first kappa shape index (κ1) is 21.3. The van der Waals surface area contributed by atoms with E-state index in [1.165, 1.54) is 6.07 Å². The fraction of sp³-hybridized carbons (Fsp3) is 0.444. The normalized spacial score (nSPS) is 10.0. The number of nitrogens with zero attached hydrogens (tertiary/aromatic N) is 2. The van der Waals surface area contributed by atoms with Gasteiger partial charge in [0.15, 0.2) is 23.3 Å². The SMILES string of the molecule is [C-]#[N+]C(C#N)=c1c(F)c(F)c(=C(NCCCC)NCCCC)c(F)c1F. The van der Waals surface area contributed by atoms with Gasteiger partial charge < -0.3 is 10.6 Å². The van der Waals surface area contributed by atoms with Crippen LogP contribution in [0.5, 0.6) is 0 Å². The lowest BCUT2D eigenvalue weighted by Gasteiger charge is -2.15. The number of hydrogen-bond donors (Lipinski definition) is 2. The first-order valence-electron chi connectivity index (χ1n) is 8.30. The van der Waals surface area contributed by atoms with E-state index in [0.717, 1.165) is 12.8 Å². The van der Waals surface area contributed by atoms with E-state index in [9.17, 15) is 17.6 Å². The van der Waals surface area contributed by atoms with Gasteiger partial charge in [0, 0.05) is 13.1 Å². The Morgan fingerprint density at radius 3 is 1.69 bits per heavy atom. The minimum atomic E-state index is -1.77. The van der Waals surface area contributed by atoms with Gasteiger partial charge in [-0.1, -0.05) is 26.7 Å². The zero-order chi connectivity index (χ0) is 19.7. The molecular weight excluding hydrogens is 348 g/mol. The minimum Gasteiger partial charge on any atom is -0.371 e. The number of nitriles is 1. The molecule has 0 aromatic heterocycles. The highest BCUT2D eigenvalue weighted by Gasteiger charge is 2.22. The maximum atomic E-state index is 14.5. The maximum absolute atomic E-state index is 14.5. The molecule has 0 aliphatic rings. The molecule has 0 fully saturated rings. The molecule has 2 N–H and O–H groups in total. The van der Waals surface area contributed by atoms with Crippen LogP contribution in [0.2, 0.25) is 0 Å². The van der Waals surface area contributed by atoms with Crippen LogP contribution >= 0.6 is 0 Å². The molecule has 1 rings (SSSR count). The molecule has 0 saturated carbocycles. The lowest BCUT2D eigenvalue weighted by Crippen LogP contribution is -2.39. The van der Waals surface area contributed by atoms with Crippen LogP contribution in [0.4, 0.5) is 17.6 Å². The number of rotatable bonds is 8. The van der Waals surface area contributed by atoms with Gasteiger partial charge in [-0.15, -0.1) is 0 Å². The first-order valence-corrected chi connectivity index (χ1v) is 8.30. The molecule has 4 nitrogen and oxygen atoms in total. The molecular formula is C18H20F4N4. The van der Waals surface area contributed by atoms with E-state index in [1.807, 2.05) is 13.8 Å². The molecule has 1 aromatic carbocycles. The average molecular weight is 368 g/mol. The summed E-state index contributed by atoms with van der Waals surface area (Å²) >= 11 is 0. The monoisotopic (exact) mass is 368 g/mol. The number of nitrogens with one attached hydrogen (secondary N) is 2. The number of hydrogen-bond acceptors (Lipinski definition) is 3. The van der Waals surface area contributed by atoms with Crippen LogP contribution in [-0.2, 0) is 0 Å². The molecule has 0 amide bonds. The van der Waals surface area contributed by atoms with Crippen molar-refractivity contribution in [1.29, 1.82) is 5.26 Å². The first-order chi connectivity index (χ1) is 12.4. The van der Waals surface area contributed by atoms with Crippen LogP contribution in [0.3, 0.4) is 0 Å². The molecule has 0 spiro atoms. The van der Waals surface area contributed by atoms with Crippen LogP contribution in [0.25, 0.3) is 16.4 Å². The highest BCUT2D eigenvalue weighted by Crippen LogP contribution is 2.06. The van der Waals surface area contributed by atoms with Crippen molar-refractivity contribution in [2.45, 2.75) is 39.5 Å². The van der Waals surface area contributed by atoms with Crippen molar-refractivity contribution >= 4 is 11.5 Å². The molecule has 0 saturated heterocycles. The Morgan fingerprint density at radius 2 is 1.35 bits per heavy atom. The molecule has 0 aliphatic heterocycles. The summed E-state index contributed by atoms with van der Waals surface area (Å²) in [5.74, 6) is -7.00. The van der Waals surface area contributed by atoms with Gasteiger partial charge in [0.05, 0.1) is 23.1 Å². The van der Waals surface area contributed by atoms with E-state index < -0.39 is 39.4 Å². The van der Waals surface area contributed by atoms with Gasteiger partial charge >= 0.3 is 0 Å². The fourth-order valence-corrected chi connectivity index (χ4v) is 2.22. The Labute approximate surface area is 149 Å². The molecule has 0 atom stereocenters. The molecule has 26 heavy (non-hydrogen) atoms. The fourth-order valence-electron chi connectivity index (χ4n) is 2.22. The highest BCUT2D eigenvalue weighted by atomic mass is 19.2. The minimum absolute atomic E-state index is 0.160. The highest BCUT2D eigenvalue weighted by molar-refractivity contribution is 5.66. The van der Waals surface area contributed by atoms with Gasteiger partial charge in [-0.05, 0) is 12.8 Å². The summed E-state index contributed by atoms with van der Waals surface area (Å²) in [5, 5.41) is 12.1. The Balaban J connectivity index is 3.76. The van der Waals surface area contributed by atoms with E-state index in [4.69, 9.17) is 11.8 Å². The Kier molecular flexibility index (Phi) is 8.44. The molecule has 0 radical (unpaired) electrons. The maximum Gasteiger partial charge on any atom is 0.275 e. The summed E-state index contributed by atoms with van der Waals surface area (Å²) in [5.41, 5.74) is -1.05. The van der Waals surface area contributed by atoms with E-state index >= 15 is 0 Å². The quantitative estimate of drug-likeness (QED) is 0.321. The van der Waals surface area contributed by atoms with Gasteiger partial charge in [0.2, 0.25) is 0 Å². The van der Waals surface area contributed by atoms with Crippen molar-refractivity contribution in [3.8, 4) is 6.07 Å². The molecule has 140 valence electrons. The van der Waals surface area contributed by atoms with Crippen LogP contribution in [0, 0.1) is 41.2 Å². The lowest BCUT2D eigenvalue weighted by atomic mass is 10.1. The average Bonchev–Trinajstić information content (AvgIpc) is 2.63. The smallest absolute Gasteiger partial charge is 0.275 e.